The van der Waals surface area contributed by atoms with Crippen molar-refractivity contribution in [3.05, 3.63) is 74.7 Å². The minimum Gasteiger partial charge on any atom is -0.360 e. The molecule has 0 unspecified atom stereocenters. The van der Waals surface area contributed by atoms with Gasteiger partial charge in [-0.25, -0.2) is 13.8 Å². The van der Waals surface area contributed by atoms with Crippen molar-refractivity contribution >= 4 is 45.8 Å². The zero-order chi connectivity index (χ0) is 18.7. The molecule has 0 aliphatic heterocycles. The largest absolute Gasteiger partial charge is 0.360 e. The molecule has 0 aliphatic carbocycles. The predicted octanol–water partition coefficient (Wildman–Crippen LogP) is 6.37. The topological polar surface area (TPSA) is 48.7 Å². The van der Waals surface area contributed by atoms with E-state index in [4.69, 9.17) is 23.2 Å². The zero-order valence-corrected chi connectivity index (χ0v) is 15.3. The van der Waals surface area contributed by atoms with Gasteiger partial charge in [0.25, 0.3) is 0 Å². The summed E-state index contributed by atoms with van der Waals surface area (Å²) in [4.78, 5) is 4.42. The summed E-state index contributed by atoms with van der Waals surface area (Å²) >= 11 is 13.2. The summed E-state index contributed by atoms with van der Waals surface area (Å²) in [5.74, 6) is -1.91. The fourth-order valence-electron chi connectivity index (χ4n) is 2.07. The molecule has 26 heavy (non-hydrogen) atoms. The summed E-state index contributed by atoms with van der Waals surface area (Å²) < 4.78 is 26.2. The monoisotopic (exact) mass is 407 g/mol. The average Bonchev–Trinajstić information content (AvgIpc) is 3.11. The number of hydrogen-bond donors (Lipinski definition) is 1. The Balaban J connectivity index is 1.84. The van der Waals surface area contributed by atoms with Crippen LogP contribution in [0.15, 0.2) is 48.0 Å². The van der Waals surface area contributed by atoms with E-state index in [1.165, 1.54) is 23.6 Å². The Morgan fingerprint density at radius 3 is 2.62 bits per heavy atom. The van der Waals surface area contributed by atoms with Gasteiger partial charge in [0, 0.05) is 28.9 Å². The zero-order valence-electron chi connectivity index (χ0n) is 12.9. The lowest BCUT2D eigenvalue weighted by Crippen LogP contribution is -1.93. The van der Waals surface area contributed by atoms with Crippen LogP contribution in [-0.4, -0.2) is 4.98 Å². The molecule has 0 fully saturated rings. The van der Waals surface area contributed by atoms with Crippen molar-refractivity contribution in [3.63, 3.8) is 0 Å². The second-order valence-electron chi connectivity index (χ2n) is 5.11. The van der Waals surface area contributed by atoms with Crippen molar-refractivity contribution in [1.29, 1.82) is 5.26 Å². The van der Waals surface area contributed by atoms with Gasteiger partial charge in [0.05, 0.1) is 15.7 Å². The van der Waals surface area contributed by atoms with E-state index in [1.54, 1.807) is 23.6 Å². The maximum atomic E-state index is 13.2. The molecule has 0 atom stereocenters. The van der Waals surface area contributed by atoms with Gasteiger partial charge in [0.1, 0.15) is 16.6 Å². The van der Waals surface area contributed by atoms with Crippen molar-refractivity contribution in [2.75, 3.05) is 5.32 Å². The Morgan fingerprint density at radius 1 is 1.12 bits per heavy atom. The summed E-state index contributed by atoms with van der Waals surface area (Å²) in [6.45, 7) is 0. The molecular formula is C18H9Cl2F2N3S. The Bertz CT molecular complexity index is 1040. The number of allylic oxidation sites excluding steroid dienone is 1. The fraction of sp³-hybridized carbons (Fsp3) is 0. The Morgan fingerprint density at radius 2 is 1.92 bits per heavy atom. The highest BCUT2D eigenvalue weighted by Crippen LogP contribution is 2.30. The van der Waals surface area contributed by atoms with E-state index in [-0.39, 0.29) is 5.57 Å². The molecule has 0 spiro atoms. The third kappa shape index (κ3) is 4.02. The second kappa shape index (κ2) is 7.83. The molecule has 1 aromatic heterocycles. The molecule has 3 nitrogen and oxygen atoms in total. The Hall–Kier alpha value is -2.46. The summed E-state index contributed by atoms with van der Waals surface area (Å²) in [7, 11) is 0. The second-order valence-corrected chi connectivity index (χ2v) is 6.78. The van der Waals surface area contributed by atoms with Gasteiger partial charge in [-0.3, -0.25) is 0 Å². The summed E-state index contributed by atoms with van der Waals surface area (Å²) in [6.07, 6.45) is 1.39. The minimum absolute atomic E-state index is 0.256. The van der Waals surface area contributed by atoms with Gasteiger partial charge in [-0.2, -0.15) is 5.26 Å². The highest BCUT2D eigenvalue weighted by Gasteiger charge is 2.10. The van der Waals surface area contributed by atoms with Gasteiger partial charge in [0.15, 0.2) is 11.6 Å². The summed E-state index contributed by atoms with van der Waals surface area (Å²) in [5.41, 5.74) is 1.99. The van der Waals surface area contributed by atoms with E-state index in [0.29, 0.717) is 26.4 Å². The maximum absolute atomic E-state index is 13.2. The molecule has 3 aromatic rings. The maximum Gasteiger partial charge on any atom is 0.160 e. The predicted molar refractivity (Wildman–Crippen MR) is 101 cm³/mol. The molecular weight excluding hydrogens is 399 g/mol. The minimum atomic E-state index is -0.974. The van der Waals surface area contributed by atoms with E-state index in [2.05, 4.69) is 10.3 Å². The molecule has 0 radical (unpaired) electrons. The van der Waals surface area contributed by atoms with Crippen LogP contribution in [0.2, 0.25) is 10.0 Å². The van der Waals surface area contributed by atoms with Crippen LogP contribution in [0, 0.1) is 23.0 Å². The molecule has 0 aliphatic rings. The van der Waals surface area contributed by atoms with Crippen LogP contribution in [0.3, 0.4) is 0 Å². The quantitative estimate of drug-likeness (QED) is 0.510. The van der Waals surface area contributed by atoms with E-state index < -0.39 is 11.6 Å². The number of aromatic nitrogens is 1. The van der Waals surface area contributed by atoms with Crippen LogP contribution in [0.5, 0.6) is 0 Å². The summed E-state index contributed by atoms with van der Waals surface area (Å²) in [5, 5.41) is 15.2. The molecule has 130 valence electrons. The lowest BCUT2D eigenvalue weighted by atomic mass is 10.2. The normalized spacial score (nSPS) is 11.3. The van der Waals surface area contributed by atoms with Crippen molar-refractivity contribution < 1.29 is 8.78 Å². The van der Waals surface area contributed by atoms with Crippen LogP contribution in [-0.2, 0) is 0 Å². The molecule has 1 heterocycles. The number of hydrogen-bond acceptors (Lipinski definition) is 4. The van der Waals surface area contributed by atoms with E-state index >= 15 is 0 Å². The number of nitrogens with one attached hydrogen (secondary N) is 1. The number of nitrogens with zero attached hydrogens (tertiary/aromatic N) is 2. The molecule has 0 bridgehead atoms. The summed E-state index contributed by atoms with van der Waals surface area (Å²) in [6, 6.07) is 10.5. The first-order chi connectivity index (χ1) is 12.5. The molecule has 0 amide bonds. The molecule has 0 saturated heterocycles. The van der Waals surface area contributed by atoms with Crippen LogP contribution in [0.25, 0.3) is 16.8 Å². The first-order valence-electron chi connectivity index (χ1n) is 7.21. The third-order valence-corrected chi connectivity index (χ3v) is 4.99. The number of thiazole rings is 1. The first kappa shape index (κ1) is 18.3. The lowest BCUT2D eigenvalue weighted by Gasteiger charge is -2.02. The van der Waals surface area contributed by atoms with Crippen LogP contribution < -0.4 is 5.32 Å². The first-order valence-corrected chi connectivity index (χ1v) is 8.84. The molecule has 0 saturated carbocycles. The van der Waals surface area contributed by atoms with Crippen LogP contribution in [0.4, 0.5) is 14.5 Å². The molecule has 3 rings (SSSR count). The molecule has 8 heteroatoms. The highest BCUT2D eigenvalue weighted by atomic mass is 35.5. The van der Waals surface area contributed by atoms with Gasteiger partial charge in [-0.05, 0) is 24.3 Å². The van der Waals surface area contributed by atoms with Crippen molar-refractivity contribution in [2.45, 2.75) is 0 Å². The van der Waals surface area contributed by atoms with Crippen LogP contribution >= 0.6 is 34.5 Å². The van der Waals surface area contributed by atoms with Crippen LogP contribution in [0.1, 0.15) is 5.01 Å². The third-order valence-electron chi connectivity index (χ3n) is 3.37. The van der Waals surface area contributed by atoms with Gasteiger partial charge < -0.3 is 5.32 Å². The van der Waals surface area contributed by atoms with Crippen molar-refractivity contribution in [1.82, 2.24) is 4.98 Å². The highest BCUT2D eigenvalue weighted by molar-refractivity contribution is 7.11. The average molecular weight is 408 g/mol. The number of halogens is 4. The van der Waals surface area contributed by atoms with E-state index in [1.807, 2.05) is 6.07 Å². The SMILES string of the molecule is N#CC(=CNc1ccc(F)c(F)c1)c1nc(-c2ccc(Cl)c(Cl)c2)cs1. The van der Waals surface area contributed by atoms with Gasteiger partial charge in [-0.1, -0.05) is 29.3 Å². The smallest absolute Gasteiger partial charge is 0.160 e. The Labute approximate surface area is 162 Å². The van der Waals surface area contributed by atoms with E-state index in [9.17, 15) is 14.0 Å². The number of nitriles is 1. The van der Waals surface area contributed by atoms with Crippen molar-refractivity contribution in [3.8, 4) is 17.3 Å². The van der Waals surface area contributed by atoms with Gasteiger partial charge >= 0.3 is 0 Å². The Kier molecular flexibility index (Phi) is 5.52. The molecule has 2 aromatic carbocycles. The number of benzene rings is 2. The standard InChI is InChI=1S/C18H9Cl2F2N3S/c19-13-3-1-10(5-14(13)20)17-9-26-18(25-17)11(7-23)8-24-12-2-4-15(21)16(22)6-12/h1-6,8-9,24H. The molecule has 1 N–H and O–H groups in total. The van der Waals surface area contributed by atoms with E-state index in [0.717, 1.165) is 17.7 Å². The van der Waals surface area contributed by atoms with Gasteiger partial charge in [-0.15, -0.1) is 11.3 Å². The van der Waals surface area contributed by atoms with Gasteiger partial charge in [0.2, 0.25) is 0 Å². The number of anilines is 1. The number of rotatable bonds is 4. The van der Waals surface area contributed by atoms with Crippen molar-refractivity contribution in [2.24, 2.45) is 0 Å². The fourth-order valence-corrected chi connectivity index (χ4v) is 3.16. The lowest BCUT2D eigenvalue weighted by molar-refractivity contribution is 0.509.